The smallest absolute Gasteiger partial charge is 0.119 e. The lowest BCUT2D eigenvalue weighted by molar-refractivity contribution is 0.406. The van der Waals surface area contributed by atoms with Gasteiger partial charge in [0.1, 0.15) is 17.2 Å². The summed E-state index contributed by atoms with van der Waals surface area (Å²) < 4.78 is 17.6. The van der Waals surface area contributed by atoms with Gasteiger partial charge in [0.15, 0.2) is 0 Å². The molecule has 0 saturated carbocycles. The van der Waals surface area contributed by atoms with E-state index in [1.807, 2.05) is 0 Å². The van der Waals surface area contributed by atoms with Crippen molar-refractivity contribution in [2.24, 2.45) is 0 Å². The molecular weight excluding hydrogens is 841 g/mol. The highest BCUT2D eigenvalue weighted by Gasteiger charge is 2.45. The Morgan fingerprint density at radius 3 is 0.696 bits per heavy atom. The highest BCUT2D eigenvalue weighted by molar-refractivity contribution is 5.91. The third-order valence-electron chi connectivity index (χ3n) is 16.7. The monoisotopic (exact) mass is 913 g/mol. The van der Waals surface area contributed by atoms with Gasteiger partial charge in [-0.25, -0.2) is 0 Å². The van der Waals surface area contributed by atoms with Gasteiger partial charge in [0.2, 0.25) is 0 Å². The van der Waals surface area contributed by atoms with Crippen LogP contribution in [0.1, 0.15) is 152 Å². The molecule has 3 heteroatoms. The summed E-state index contributed by atoms with van der Waals surface area (Å²) in [7, 11) is 5.38. The molecule has 0 fully saturated rings. The van der Waals surface area contributed by atoms with Gasteiger partial charge in [-0.05, 0) is 211 Å². The molecule has 0 aliphatic heterocycles. The Hall–Kier alpha value is -6.06. The van der Waals surface area contributed by atoms with Gasteiger partial charge in [-0.15, -0.1) is 0 Å². The lowest BCUT2D eigenvalue weighted by Crippen LogP contribution is -2.25. The molecule has 0 heterocycles. The first-order valence-electron chi connectivity index (χ1n) is 26.4. The van der Waals surface area contributed by atoms with Crippen molar-refractivity contribution in [3.05, 3.63) is 161 Å². The van der Waals surface area contributed by atoms with Crippen LogP contribution in [-0.2, 0) is 16.2 Å². The number of hydrogen-bond acceptors (Lipinski definition) is 3. The maximum atomic E-state index is 5.87. The van der Waals surface area contributed by atoms with Gasteiger partial charge in [0, 0.05) is 16.2 Å². The van der Waals surface area contributed by atoms with E-state index in [4.69, 9.17) is 14.2 Å². The van der Waals surface area contributed by atoms with Crippen LogP contribution in [0.2, 0.25) is 0 Å². The van der Waals surface area contributed by atoms with Crippen molar-refractivity contribution < 1.29 is 14.2 Å². The van der Waals surface area contributed by atoms with Crippen molar-refractivity contribution >= 4 is 0 Å². The predicted octanol–water partition coefficient (Wildman–Crippen LogP) is 18.3. The fourth-order valence-corrected chi connectivity index (χ4v) is 14.0. The van der Waals surface area contributed by atoms with Crippen molar-refractivity contribution in [1.29, 1.82) is 0 Å². The van der Waals surface area contributed by atoms with Crippen LogP contribution in [0.25, 0.3) is 66.8 Å². The number of ether oxygens (including phenoxy) is 3. The van der Waals surface area contributed by atoms with Crippen molar-refractivity contribution in [2.75, 3.05) is 21.3 Å². The van der Waals surface area contributed by atoms with Crippen LogP contribution < -0.4 is 14.2 Å². The van der Waals surface area contributed by atoms with Crippen LogP contribution in [0.5, 0.6) is 17.2 Å². The van der Waals surface area contributed by atoms with Crippen LogP contribution in [0.3, 0.4) is 0 Å². The highest BCUT2D eigenvalue weighted by Crippen LogP contribution is 2.59. The Kier molecular flexibility index (Phi) is 12.6. The number of hydrogen-bond donors (Lipinski definition) is 0. The average molecular weight is 913 g/mol. The second kappa shape index (κ2) is 18.7. The van der Waals surface area contributed by atoms with Gasteiger partial charge in [0.25, 0.3) is 0 Å². The van der Waals surface area contributed by atoms with Gasteiger partial charge in [-0.3, -0.25) is 0 Å². The fraction of sp³-hybridized carbons (Fsp3) is 0.364. The number of rotatable bonds is 18. The molecule has 0 spiro atoms. The average Bonchev–Trinajstić information content (AvgIpc) is 3.91. The molecule has 7 aromatic carbocycles. The third-order valence-corrected chi connectivity index (χ3v) is 16.7. The molecule has 3 aliphatic rings. The topological polar surface area (TPSA) is 27.7 Å². The lowest BCUT2D eigenvalue weighted by atomic mass is 9.71. The molecule has 10 rings (SSSR count). The van der Waals surface area contributed by atoms with E-state index in [2.05, 4.69) is 169 Å². The normalized spacial score (nSPS) is 14.9. The summed E-state index contributed by atoms with van der Waals surface area (Å²) in [6.45, 7) is 14.1. The second-order valence-corrected chi connectivity index (χ2v) is 20.6. The van der Waals surface area contributed by atoms with E-state index in [0.29, 0.717) is 0 Å². The molecule has 0 unspecified atom stereocenters. The van der Waals surface area contributed by atoms with Gasteiger partial charge in [-0.2, -0.15) is 0 Å². The minimum atomic E-state index is -0.0712. The third kappa shape index (κ3) is 7.36. The summed E-state index contributed by atoms with van der Waals surface area (Å²) in [5, 5.41) is 0. The van der Waals surface area contributed by atoms with E-state index in [1.54, 1.807) is 21.3 Å². The number of benzene rings is 7. The molecule has 0 radical (unpaired) electrons. The molecule has 0 aromatic heterocycles. The van der Waals surface area contributed by atoms with Gasteiger partial charge in [-0.1, -0.05) is 135 Å². The van der Waals surface area contributed by atoms with Gasteiger partial charge in [0.05, 0.1) is 21.3 Å². The van der Waals surface area contributed by atoms with Crippen LogP contribution in [0.4, 0.5) is 0 Å². The summed E-state index contributed by atoms with van der Waals surface area (Å²) in [5.74, 6) is 2.81. The zero-order valence-corrected chi connectivity index (χ0v) is 42.8. The minimum Gasteiger partial charge on any atom is -0.497 e. The first-order chi connectivity index (χ1) is 33.7. The summed E-state index contributed by atoms with van der Waals surface area (Å²) in [4.78, 5) is 0. The molecule has 69 heavy (non-hydrogen) atoms. The SMILES string of the molecule is CCCC1(CCC)c2cc(OC)ccc2-c2ccc(-c3cc(-c4ccc5c(c4)C(CCC)(CCC)c4cc(OC)ccc4-5)cc(-c4ccc5c(c4)C(CCC)(CCC)c4cc(OC)ccc4-5)c3)cc21. The standard InChI is InChI=1S/C66H72O3/c1-10-28-64(29-11-2)58-37-43(16-22-52(58)55-25-19-49(67-7)40-61(55)64)46-34-47(44-17-23-53-56-26-20-50(68-8)41-62(56)65(30-12-3,31-13-4)59(53)38-44)36-48(35-46)45-18-24-54-57-27-21-51(69-9)42-63(57)66(32-14-5,33-15-6)60(54)39-45/h16-27,34-42H,10-15,28-33H2,1-9H3. The van der Waals surface area contributed by atoms with Gasteiger partial charge < -0.3 is 14.2 Å². The maximum absolute atomic E-state index is 5.87. The van der Waals surface area contributed by atoms with E-state index in [0.717, 1.165) is 94.3 Å². The Labute approximate surface area is 413 Å². The van der Waals surface area contributed by atoms with Crippen LogP contribution >= 0.6 is 0 Å². The maximum Gasteiger partial charge on any atom is 0.119 e. The molecule has 3 aliphatic carbocycles. The zero-order valence-electron chi connectivity index (χ0n) is 42.8. The summed E-state index contributed by atoms with van der Waals surface area (Å²) >= 11 is 0. The second-order valence-electron chi connectivity index (χ2n) is 20.6. The molecule has 7 aromatic rings. The van der Waals surface area contributed by atoms with Crippen molar-refractivity contribution in [1.82, 2.24) is 0 Å². The first-order valence-corrected chi connectivity index (χ1v) is 26.4. The van der Waals surface area contributed by atoms with E-state index in [9.17, 15) is 0 Å². The molecule has 354 valence electrons. The van der Waals surface area contributed by atoms with E-state index in [-0.39, 0.29) is 16.2 Å². The van der Waals surface area contributed by atoms with Crippen LogP contribution in [-0.4, -0.2) is 21.3 Å². The predicted molar refractivity (Wildman–Crippen MR) is 291 cm³/mol. The van der Waals surface area contributed by atoms with Crippen molar-refractivity contribution in [3.8, 4) is 84.0 Å². The summed E-state index contributed by atoms with van der Waals surface area (Å²) in [6, 6.07) is 49.9. The lowest BCUT2D eigenvalue weighted by Gasteiger charge is -2.32. The van der Waals surface area contributed by atoms with Crippen molar-refractivity contribution in [3.63, 3.8) is 0 Å². The zero-order chi connectivity index (χ0) is 48.1. The minimum absolute atomic E-state index is 0.0712. The fourth-order valence-electron chi connectivity index (χ4n) is 14.0. The molecule has 3 nitrogen and oxygen atoms in total. The van der Waals surface area contributed by atoms with Crippen LogP contribution in [0.15, 0.2) is 127 Å². The van der Waals surface area contributed by atoms with E-state index < -0.39 is 0 Å². The van der Waals surface area contributed by atoms with E-state index in [1.165, 1.54) is 100 Å². The first kappa shape index (κ1) is 46.7. The van der Waals surface area contributed by atoms with Crippen LogP contribution in [0, 0.1) is 0 Å². The highest BCUT2D eigenvalue weighted by atomic mass is 16.5. The summed E-state index contributed by atoms with van der Waals surface area (Å²) in [5.41, 5.74) is 24.2. The summed E-state index contributed by atoms with van der Waals surface area (Å²) in [6.07, 6.45) is 13.3. The van der Waals surface area contributed by atoms with Gasteiger partial charge >= 0.3 is 0 Å². The van der Waals surface area contributed by atoms with Crippen molar-refractivity contribution in [2.45, 2.75) is 135 Å². The Morgan fingerprint density at radius 2 is 0.478 bits per heavy atom. The molecule has 0 bridgehead atoms. The molecule has 0 saturated heterocycles. The Balaban J connectivity index is 1.19. The van der Waals surface area contributed by atoms with E-state index >= 15 is 0 Å². The molecule has 0 amide bonds. The Morgan fingerprint density at radius 1 is 0.261 bits per heavy atom. The quantitative estimate of drug-likeness (QED) is 0.0858. The molecule has 0 atom stereocenters. The Bertz CT molecular complexity index is 2700. The number of methoxy groups -OCH3 is 3. The number of fused-ring (bicyclic) bond motifs is 9. The molecular formula is C66H72O3. The molecule has 0 N–H and O–H groups in total. The largest absolute Gasteiger partial charge is 0.497 e.